The van der Waals surface area contributed by atoms with Gasteiger partial charge < -0.3 is 15.0 Å². The number of nitrogens with two attached hydrogens (primary N) is 1. The zero-order chi connectivity index (χ0) is 24.8. The van der Waals surface area contributed by atoms with Gasteiger partial charge in [-0.15, -0.1) is 11.3 Å². The minimum Gasteiger partial charge on any atom is -0.484 e. The quantitative estimate of drug-likeness (QED) is 0.297. The molecule has 1 heterocycles. The molecule has 0 saturated heterocycles. The van der Waals surface area contributed by atoms with Crippen LogP contribution in [0.5, 0.6) is 5.75 Å². The molecule has 0 amide bonds. The predicted octanol–water partition coefficient (Wildman–Crippen LogP) is 5.07. The second-order valence-corrected chi connectivity index (χ2v) is 11.1. The van der Waals surface area contributed by atoms with E-state index in [0.717, 1.165) is 28.5 Å². The van der Waals surface area contributed by atoms with Gasteiger partial charge in [0.1, 0.15) is 11.9 Å². The lowest BCUT2D eigenvalue weighted by atomic mass is 10.1. The van der Waals surface area contributed by atoms with E-state index in [2.05, 4.69) is 35.0 Å². The Balaban J connectivity index is 1.37. The first-order valence-corrected chi connectivity index (χ1v) is 13.9. The molecule has 0 bridgehead atoms. The standard InChI is InChI=1S/C26H27N3O3S3/c1-29(26(33)28-18-19-11-13-21(14-12-19)35(27,30)31)16-15-24(25-10-5-17-34-25)32-23-9-4-7-20-6-2-3-8-22(20)23/h2-14,17,24H,15-16,18H2,1H3,(H,28,33)(H2,27,30,31)/t24-/m0/s1. The largest absolute Gasteiger partial charge is 0.484 e. The summed E-state index contributed by atoms with van der Waals surface area (Å²) in [6.07, 6.45) is 0.655. The molecule has 1 aromatic heterocycles. The molecule has 0 fully saturated rings. The molecule has 0 unspecified atom stereocenters. The fraction of sp³-hybridized carbons (Fsp3) is 0.192. The maximum Gasteiger partial charge on any atom is 0.238 e. The molecule has 0 aliphatic carbocycles. The summed E-state index contributed by atoms with van der Waals surface area (Å²) in [6.45, 7) is 1.18. The number of benzene rings is 3. The highest BCUT2D eigenvalue weighted by molar-refractivity contribution is 7.89. The van der Waals surface area contributed by atoms with Crippen LogP contribution in [0, 0.1) is 0 Å². The highest BCUT2D eigenvalue weighted by Gasteiger charge is 2.18. The van der Waals surface area contributed by atoms with Crippen molar-refractivity contribution in [1.29, 1.82) is 0 Å². The number of thiocarbonyl (C=S) groups is 1. The molecular formula is C26H27N3O3S3. The zero-order valence-corrected chi connectivity index (χ0v) is 21.7. The summed E-state index contributed by atoms with van der Waals surface area (Å²) in [5.41, 5.74) is 0.906. The third-order valence-corrected chi connectivity index (χ3v) is 8.00. The Bertz CT molecular complexity index is 1380. The number of rotatable bonds is 9. The van der Waals surface area contributed by atoms with Gasteiger partial charge in [0, 0.05) is 36.8 Å². The lowest BCUT2D eigenvalue weighted by molar-refractivity contribution is 0.191. The summed E-state index contributed by atoms with van der Waals surface area (Å²) in [7, 11) is -1.75. The predicted molar refractivity (Wildman–Crippen MR) is 146 cm³/mol. The Labute approximate surface area is 215 Å². The van der Waals surface area contributed by atoms with Crippen molar-refractivity contribution >= 4 is 49.5 Å². The summed E-state index contributed by atoms with van der Waals surface area (Å²) >= 11 is 7.25. The van der Waals surface area contributed by atoms with Gasteiger partial charge in [0.15, 0.2) is 5.11 Å². The molecule has 182 valence electrons. The van der Waals surface area contributed by atoms with Crippen molar-refractivity contribution in [2.75, 3.05) is 13.6 Å². The van der Waals surface area contributed by atoms with E-state index in [4.69, 9.17) is 22.1 Å². The molecule has 3 aromatic carbocycles. The number of primary sulfonamides is 1. The molecule has 0 aliphatic rings. The Morgan fingerprint density at radius 3 is 2.51 bits per heavy atom. The van der Waals surface area contributed by atoms with Crippen molar-refractivity contribution in [3.63, 3.8) is 0 Å². The van der Waals surface area contributed by atoms with Crippen molar-refractivity contribution in [2.45, 2.75) is 24.0 Å². The Morgan fingerprint density at radius 2 is 1.80 bits per heavy atom. The first-order chi connectivity index (χ1) is 16.8. The van der Waals surface area contributed by atoms with Crippen LogP contribution < -0.4 is 15.2 Å². The van der Waals surface area contributed by atoms with Crippen LogP contribution >= 0.6 is 23.6 Å². The first-order valence-electron chi connectivity index (χ1n) is 11.1. The molecule has 0 spiro atoms. The van der Waals surface area contributed by atoms with Crippen LogP contribution in [0.2, 0.25) is 0 Å². The monoisotopic (exact) mass is 525 g/mol. The fourth-order valence-corrected chi connectivity index (χ4v) is 5.18. The number of nitrogens with zero attached hydrogens (tertiary/aromatic N) is 1. The van der Waals surface area contributed by atoms with Gasteiger partial charge in [0.2, 0.25) is 10.0 Å². The van der Waals surface area contributed by atoms with Crippen LogP contribution in [0.1, 0.15) is 23.0 Å². The fourth-order valence-electron chi connectivity index (χ4n) is 3.71. The average molecular weight is 526 g/mol. The van der Waals surface area contributed by atoms with E-state index in [-0.39, 0.29) is 11.0 Å². The maximum atomic E-state index is 11.4. The minimum atomic E-state index is -3.70. The molecular weight excluding hydrogens is 499 g/mol. The summed E-state index contributed by atoms with van der Waals surface area (Å²) in [4.78, 5) is 3.24. The molecule has 6 nitrogen and oxygen atoms in total. The second kappa shape index (κ2) is 11.2. The van der Waals surface area contributed by atoms with E-state index >= 15 is 0 Å². The number of fused-ring (bicyclic) bond motifs is 1. The molecule has 9 heteroatoms. The molecule has 1 atom stereocenters. The number of ether oxygens (including phenoxy) is 1. The van der Waals surface area contributed by atoms with Crippen molar-refractivity contribution in [3.05, 3.63) is 94.7 Å². The minimum absolute atomic E-state index is 0.0896. The Morgan fingerprint density at radius 1 is 1.06 bits per heavy atom. The van der Waals surface area contributed by atoms with Crippen LogP contribution in [0.3, 0.4) is 0 Å². The number of sulfonamides is 1. The van der Waals surface area contributed by atoms with Crippen LogP contribution in [-0.4, -0.2) is 32.0 Å². The van der Waals surface area contributed by atoms with Crippen molar-refractivity contribution < 1.29 is 13.2 Å². The molecule has 4 aromatic rings. The highest BCUT2D eigenvalue weighted by atomic mass is 32.2. The molecule has 4 rings (SSSR count). The van der Waals surface area contributed by atoms with Crippen LogP contribution in [-0.2, 0) is 16.6 Å². The summed E-state index contributed by atoms with van der Waals surface area (Å²) in [5, 5.41) is 13.3. The summed E-state index contributed by atoms with van der Waals surface area (Å²) < 4.78 is 29.4. The van der Waals surface area contributed by atoms with Gasteiger partial charge in [-0.2, -0.15) is 0 Å². The number of thiophene rings is 1. The van der Waals surface area contributed by atoms with E-state index in [1.54, 1.807) is 23.5 Å². The normalized spacial score (nSPS) is 12.3. The summed E-state index contributed by atoms with van der Waals surface area (Å²) in [6, 6.07) is 24.9. The topological polar surface area (TPSA) is 84.7 Å². The van der Waals surface area contributed by atoms with Crippen LogP contribution in [0.25, 0.3) is 10.8 Å². The molecule has 0 aliphatic heterocycles. The van der Waals surface area contributed by atoms with Crippen LogP contribution in [0.15, 0.2) is 89.1 Å². The first kappa shape index (κ1) is 25.1. The number of nitrogens with one attached hydrogen (secondary N) is 1. The molecule has 0 radical (unpaired) electrons. The average Bonchev–Trinajstić information content (AvgIpc) is 3.39. The lowest BCUT2D eigenvalue weighted by Crippen LogP contribution is -2.37. The third-order valence-electron chi connectivity index (χ3n) is 5.65. The molecule has 3 N–H and O–H groups in total. The van der Waals surface area contributed by atoms with Gasteiger partial charge in [-0.25, -0.2) is 13.6 Å². The summed E-state index contributed by atoms with van der Waals surface area (Å²) in [5.74, 6) is 0.868. The SMILES string of the molecule is CN(CC[C@H](Oc1cccc2ccccc12)c1cccs1)C(=S)NCc1ccc(S(N)(=O)=O)cc1. The highest BCUT2D eigenvalue weighted by Crippen LogP contribution is 2.32. The lowest BCUT2D eigenvalue weighted by Gasteiger charge is -2.25. The Hall–Kier alpha value is -2.98. The van der Waals surface area contributed by atoms with E-state index in [0.29, 0.717) is 18.2 Å². The van der Waals surface area contributed by atoms with Gasteiger partial charge >= 0.3 is 0 Å². The Kier molecular flexibility index (Phi) is 8.02. The molecule has 35 heavy (non-hydrogen) atoms. The van der Waals surface area contributed by atoms with E-state index < -0.39 is 10.0 Å². The third kappa shape index (κ3) is 6.58. The van der Waals surface area contributed by atoms with E-state index in [9.17, 15) is 8.42 Å². The van der Waals surface area contributed by atoms with Crippen LogP contribution in [0.4, 0.5) is 0 Å². The van der Waals surface area contributed by atoms with Gasteiger partial charge in [0.25, 0.3) is 0 Å². The number of hydrogen-bond donors (Lipinski definition) is 2. The van der Waals surface area contributed by atoms with Gasteiger partial charge in [-0.3, -0.25) is 0 Å². The van der Waals surface area contributed by atoms with E-state index in [1.165, 1.54) is 17.0 Å². The van der Waals surface area contributed by atoms with Gasteiger partial charge in [-0.05, 0) is 52.8 Å². The number of hydrogen-bond acceptors (Lipinski definition) is 5. The smallest absolute Gasteiger partial charge is 0.238 e. The maximum absolute atomic E-state index is 11.4. The van der Waals surface area contributed by atoms with Crippen molar-refractivity contribution in [1.82, 2.24) is 10.2 Å². The second-order valence-electron chi connectivity index (χ2n) is 8.16. The van der Waals surface area contributed by atoms with Crippen molar-refractivity contribution in [3.8, 4) is 5.75 Å². The van der Waals surface area contributed by atoms with Gasteiger partial charge in [0.05, 0.1) is 4.90 Å². The zero-order valence-electron chi connectivity index (χ0n) is 19.3. The van der Waals surface area contributed by atoms with Gasteiger partial charge in [-0.1, -0.05) is 54.6 Å². The van der Waals surface area contributed by atoms with Crippen molar-refractivity contribution in [2.24, 2.45) is 5.14 Å². The van der Waals surface area contributed by atoms with E-state index in [1.807, 2.05) is 42.3 Å². The molecule has 0 saturated carbocycles.